The van der Waals surface area contributed by atoms with Gasteiger partial charge in [0.05, 0.1) is 12.4 Å². The van der Waals surface area contributed by atoms with Crippen LogP contribution in [0.15, 0.2) is 17.0 Å². The molecule has 0 spiro atoms. The average Bonchev–Trinajstić information content (AvgIpc) is 2.30. The minimum Gasteiger partial charge on any atom is -0.355 e. The summed E-state index contributed by atoms with van der Waals surface area (Å²) in [7, 11) is 0. The quantitative estimate of drug-likeness (QED) is 0.835. The van der Waals surface area contributed by atoms with Crippen molar-refractivity contribution in [3.8, 4) is 0 Å². The van der Waals surface area contributed by atoms with Crippen molar-refractivity contribution in [2.45, 2.75) is 26.7 Å². The molecule has 0 amide bonds. The second kappa shape index (κ2) is 5.13. The third-order valence-electron chi connectivity index (χ3n) is 3.41. The Morgan fingerprint density at radius 3 is 2.44 bits per heavy atom. The smallest absolute Gasteiger partial charge is 0.147 e. The molecular formula is C12H18BrN3. The van der Waals surface area contributed by atoms with E-state index in [1.54, 1.807) is 6.20 Å². The largest absolute Gasteiger partial charge is 0.355 e. The maximum absolute atomic E-state index is 4.39. The summed E-state index contributed by atoms with van der Waals surface area (Å²) >= 11 is 3.31. The number of anilines is 1. The van der Waals surface area contributed by atoms with E-state index < -0.39 is 0 Å². The van der Waals surface area contributed by atoms with Gasteiger partial charge in [-0.2, -0.15) is 0 Å². The van der Waals surface area contributed by atoms with Gasteiger partial charge in [0.2, 0.25) is 0 Å². The molecule has 0 bridgehead atoms. The molecule has 2 heterocycles. The van der Waals surface area contributed by atoms with E-state index in [1.165, 1.54) is 12.8 Å². The van der Waals surface area contributed by atoms with Gasteiger partial charge in [-0.05, 0) is 40.6 Å². The number of piperidine rings is 1. The van der Waals surface area contributed by atoms with Crippen molar-refractivity contribution >= 4 is 21.7 Å². The fourth-order valence-corrected chi connectivity index (χ4v) is 2.47. The zero-order valence-corrected chi connectivity index (χ0v) is 11.4. The molecule has 1 aromatic heterocycles. The van der Waals surface area contributed by atoms with Crippen LogP contribution >= 0.6 is 15.9 Å². The Kier molecular flexibility index (Phi) is 3.79. The lowest BCUT2D eigenvalue weighted by Crippen LogP contribution is -2.35. The fourth-order valence-electron chi connectivity index (χ4n) is 2.26. The molecule has 1 saturated heterocycles. The Hall–Kier alpha value is -0.640. The second-order valence-corrected chi connectivity index (χ2v) is 5.58. The normalized spacial score (nSPS) is 18.1. The minimum atomic E-state index is 0.799. The molecule has 3 nitrogen and oxygen atoms in total. The van der Waals surface area contributed by atoms with Crippen molar-refractivity contribution in [3.63, 3.8) is 0 Å². The van der Waals surface area contributed by atoms with Crippen LogP contribution in [0.3, 0.4) is 0 Å². The Balaban J connectivity index is 1.96. The van der Waals surface area contributed by atoms with Crippen molar-refractivity contribution < 1.29 is 0 Å². The topological polar surface area (TPSA) is 29.0 Å². The monoisotopic (exact) mass is 283 g/mol. The summed E-state index contributed by atoms with van der Waals surface area (Å²) in [6.07, 6.45) is 6.16. The Morgan fingerprint density at radius 2 is 1.94 bits per heavy atom. The summed E-state index contributed by atoms with van der Waals surface area (Å²) in [6.45, 7) is 6.86. The van der Waals surface area contributed by atoms with E-state index in [0.29, 0.717) is 0 Å². The summed E-state index contributed by atoms with van der Waals surface area (Å²) in [5, 5.41) is 0. The number of nitrogens with zero attached hydrogens (tertiary/aromatic N) is 3. The van der Waals surface area contributed by atoms with Crippen LogP contribution in [0.25, 0.3) is 0 Å². The van der Waals surface area contributed by atoms with Gasteiger partial charge in [-0.1, -0.05) is 13.8 Å². The molecule has 0 N–H and O–H groups in total. The van der Waals surface area contributed by atoms with E-state index in [-0.39, 0.29) is 0 Å². The summed E-state index contributed by atoms with van der Waals surface area (Å²) in [6, 6.07) is 0. The van der Waals surface area contributed by atoms with Crippen molar-refractivity contribution in [1.29, 1.82) is 0 Å². The number of halogens is 1. The molecule has 88 valence electrons. The highest BCUT2D eigenvalue weighted by Gasteiger charge is 2.22. The standard InChI is InChI=1S/C12H18BrN3/c1-9(2)10-3-5-16(6-4-10)12-8-14-11(13)7-15-12/h7-10H,3-6H2,1-2H3. The highest BCUT2D eigenvalue weighted by molar-refractivity contribution is 9.10. The van der Waals surface area contributed by atoms with Crippen LogP contribution in [0.5, 0.6) is 0 Å². The molecule has 0 radical (unpaired) electrons. The maximum atomic E-state index is 4.39. The zero-order valence-electron chi connectivity index (χ0n) is 9.86. The molecule has 2 rings (SSSR count). The molecule has 1 aromatic rings. The molecule has 1 aliphatic heterocycles. The Bertz CT molecular complexity index is 329. The molecule has 0 aliphatic carbocycles. The SMILES string of the molecule is CC(C)C1CCN(c2cnc(Br)cn2)CC1. The van der Waals surface area contributed by atoms with Gasteiger partial charge in [0.15, 0.2) is 0 Å². The first-order valence-electron chi connectivity index (χ1n) is 5.89. The van der Waals surface area contributed by atoms with Crippen LogP contribution < -0.4 is 4.90 Å². The third-order valence-corrected chi connectivity index (χ3v) is 3.82. The average molecular weight is 284 g/mol. The van der Waals surface area contributed by atoms with E-state index in [4.69, 9.17) is 0 Å². The van der Waals surface area contributed by atoms with Crippen molar-refractivity contribution in [2.75, 3.05) is 18.0 Å². The van der Waals surface area contributed by atoms with Gasteiger partial charge < -0.3 is 4.90 Å². The van der Waals surface area contributed by atoms with Crippen LogP contribution in [0.2, 0.25) is 0 Å². The lowest BCUT2D eigenvalue weighted by Gasteiger charge is -2.34. The van der Waals surface area contributed by atoms with Crippen LogP contribution in [0.4, 0.5) is 5.82 Å². The van der Waals surface area contributed by atoms with Crippen LogP contribution in [0.1, 0.15) is 26.7 Å². The molecule has 0 atom stereocenters. The van der Waals surface area contributed by atoms with Gasteiger partial charge in [-0.25, -0.2) is 9.97 Å². The van der Waals surface area contributed by atoms with Crippen LogP contribution in [-0.2, 0) is 0 Å². The first-order chi connectivity index (χ1) is 7.66. The molecule has 4 heteroatoms. The van der Waals surface area contributed by atoms with Gasteiger partial charge >= 0.3 is 0 Å². The fraction of sp³-hybridized carbons (Fsp3) is 0.667. The Morgan fingerprint density at radius 1 is 1.25 bits per heavy atom. The van der Waals surface area contributed by atoms with Gasteiger partial charge in [0, 0.05) is 13.1 Å². The predicted molar refractivity (Wildman–Crippen MR) is 69.5 cm³/mol. The van der Waals surface area contributed by atoms with E-state index in [0.717, 1.165) is 35.3 Å². The molecule has 16 heavy (non-hydrogen) atoms. The number of hydrogen-bond acceptors (Lipinski definition) is 3. The van der Waals surface area contributed by atoms with E-state index in [1.807, 2.05) is 6.20 Å². The van der Waals surface area contributed by atoms with Crippen LogP contribution in [-0.4, -0.2) is 23.1 Å². The molecule has 0 aromatic carbocycles. The highest BCUT2D eigenvalue weighted by Crippen LogP contribution is 2.26. The van der Waals surface area contributed by atoms with Crippen molar-refractivity contribution in [1.82, 2.24) is 9.97 Å². The summed E-state index contributed by atoms with van der Waals surface area (Å²) in [5.41, 5.74) is 0. The zero-order chi connectivity index (χ0) is 11.5. The van der Waals surface area contributed by atoms with E-state index >= 15 is 0 Å². The van der Waals surface area contributed by atoms with Gasteiger partial charge in [-0.3, -0.25) is 0 Å². The first-order valence-corrected chi connectivity index (χ1v) is 6.68. The molecular weight excluding hydrogens is 266 g/mol. The lowest BCUT2D eigenvalue weighted by molar-refractivity contribution is 0.310. The predicted octanol–water partition coefficient (Wildman–Crippen LogP) is 3.11. The number of rotatable bonds is 2. The van der Waals surface area contributed by atoms with Crippen LogP contribution in [0, 0.1) is 11.8 Å². The first kappa shape index (κ1) is 11.8. The number of aromatic nitrogens is 2. The number of hydrogen-bond donors (Lipinski definition) is 0. The summed E-state index contributed by atoms with van der Waals surface area (Å²) < 4.78 is 0.799. The molecule has 0 saturated carbocycles. The molecule has 0 unspecified atom stereocenters. The van der Waals surface area contributed by atoms with Gasteiger partial charge in [-0.15, -0.1) is 0 Å². The van der Waals surface area contributed by atoms with Gasteiger partial charge in [0.25, 0.3) is 0 Å². The van der Waals surface area contributed by atoms with Gasteiger partial charge in [0.1, 0.15) is 10.4 Å². The molecule has 1 aliphatic rings. The lowest BCUT2D eigenvalue weighted by atomic mass is 9.87. The van der Waals surface area contributed by atoms with Crippen molar-refractivity contribution in [2.24, 2.45) is 11.8 Å². The Labute approximate surface area is 105 Å². The van der Waals surface area contributed by atoms with Crippen molar-refractivity contribution in [3.05, 3.63) is 17.0 Å². The molecule has 1 fully saturated rings. The summed E-state index contributed by atoms with van der Waals surface area (Å²) in [4.78, 5) is 10.9. The highest BCUT2D eigenvalue weighted by atomic mass is 79.9. The third kappa shape index (κ3) is 2.73. The maximum Gasteiger partial charge on any atom is 0.147 e. The summed E-state index contributed by atoms with van der Waals surface area (Å²) in [5.74, 6) is 2.68. The van der Waals surface area contributed by atoms with E-state index in [9.17, 15) is 0 Å². The minimum absolute atomic E-state index is 0.799. The van der Waals surface area contributed by atoms with E-state index in [2.05, 4.69) is 44.6 Å². The second-order valence-electron chi connectivity index (χ2n) is 4.77.